The third-order valence-corrected chi connectivity index (χ3v) is 11.6. The van der Waals surface area contributed by atoms with Crippen molar-refractivity contribution < 1.29 is 52.9 Å². The van der Waals surface area contributed by atoms with Gasteiger partial charge in [0.25, 0.3) is 0 Å². The molecule has 0 spiro atoms. The van der Waals surface area contributed by atoms with Crippen molar-refractivity contribution in [1.29, 1.82) is 0 Å². The Balaban J connectivity index is 1.16. The van der Waals surface area contributed by atoms with Gasteiger partial charge < -0.3 is 50.8 Å². The van der Waals surface area contributed by atoms with Crippen molar-refractivity contribution in [3.05, 3.63) is 82.3 Å². The number of pyridine rings is 1. The Morgan fingerprint density at radius 1 is 1.06 bits per heavy atom. The van der Waals surface area contributed by atoms with Gasteiger partial charge >= 0.3 is 6.03 Å². The average molecular weight is 779 g/mol. The molecule has 0 radical (unpaired) electrons. The summed E-state index contributed by atoms with van der Waals surface area (Å²) in [5, 5.41) is 65.5. The zero-order valence-electron chi connectivity index (χ0n) is 29.3. The largest absolute Gasteiger partial charge is 0.619 e. The van der Waals surface area contributed by atoms with Crippen LogP contribution >= 0.6 is 11.6 Å². The Bertz CT molecular complexity index is 1830. The molecule has 2 amide bonds. The van der Waals surface area contributed by atoms with Gasteiger partial charge in [-0.3, -0.25) is 0 Å². The second-order valence-electron chi connectivity index (χ2n) is 13.4. The normalized spacial score (nSPS) is 17.5. The van der Waals surface area contributed by atoms with Crippen molar-refractivity contribution in [2.45, 2.75) is 86.1 Å². The number of hydrogen-bond acceptors (Lipinski definition) is 11. The molecule has 0 bridgehead atoms. The second-order valence-corrected chi connectivity index (χ2v) is 15.9. The molecule has 5 rings (SSSR count). The van der Waals surface area contributed by atoms with Crippen LogP contribution in [0.1, 0.15) is 49.7 Å². The Morgan fingerprint density at radius 3 is 2.47 bits per heavy atom. The lowest BCUT2D eigenvalue weighted by Crippen LogP contribution is -2.56. The van der Waals surface area contributed by atoms with E-state index in [2.05, 4.69) is 10.6 Å². The number of amides is 2. The number of aromatic nitrogens is 1. The highest BCUT2D eigenvalue weighted by Crippen LogP contribution is 2.53. The van der Waals surface area contributed by atoms with Crippen LogP contribution in [0.5, 0.6) is 5.75 Å². The maximum absolute atomic E-state index is 13.5. The summed E-state index contributed by atoms with van der Waals surface area (Å²) in [6.45, 7) is -1.30. The van der Waals surface area contributed by atoms with Crippen molar-refractivity contribution in [3.63, 3.8) is 0 Å². The second kappa shape index (κ2) is 17.7. The lowest BCUT2D eigenvalue weighted by molar-refractivity contribution is -0.606. The molecule has 1 heterocycles. The van der Waals surface area contributed by atoms with Gasteiger partial charge in [0.15, 0.2) is 12.4 Å². The van der Waals surface area contributed by atoms with Crippen LogP contribution in [-0.4, -0.2) is 108 Å². The fourth-order valence-corrected chi connectivity index (χ4v) is 7.30. The molecule has 2 fully saturated rings. The first-order valence-electron chi connectivity index (χ1n) is 17.5. The minimum atomic E-state index is -3.93. The lowest BCUT2D eigenvalue weighted by Gasteiger charge is -2.28. The molecule has 0 unspecified atom stereocenters. The molecule has 290 valence electrons. The summed E-state index contributed by atoms with van der Waals surface area (Å²) in [5.74, 6) is 0.740. The van der Waals surface area contributed by atoms with Crippen LogP contribution in [0.3, 0.4) is 0 Å². The predicted molar refractivity (Wildman–Crippen MR) is 193 cm³/mol. The zero-order valence-corrected chi connectivity index (χ0v) is 30.9. The standard InChI is InChI=1S/C36H47ClN4O11S/c1-40(16-5-4-15-38-35(47)39-30(20-42)33(45)34(46)31(44)21-43)53(49,50)25-10-11-29(37)23(18-25)22-51-36(13-14-36)28-19-41(48)17-12-26(28)27-6-2-3-7-32(27)52-24-8-9-24/h2-3,6-7,10-12,17-19,24,30-31,33-34,42-46H,4-5,8-9,13-16,20-22H2,1H3,(H2,38,39,47)/t30-,31+,33+,34+/m0/s1. The van der Waals surface area contributed by atoms with E-state index in [1.165, 1.54) is 41.9 Å². The molecule has 0 aliphatic heterocycles. The number of unbranched alkanes of at least 4 members (excludes halogenated alkanes) is 1. The van der Waals surface area contributed by atoms with Gasteiger partial charge in [0.05, 0.1) is 42.4 Å². The molecule has 15 nitrogen and oxygen atoms in total. The maximum atomic E-state index is 13.5. The van der Waals surface area contributed by atoms with Gasteiger partial charge in [-0.15, -0.1) is 0 Å². The van der Waals surface area contributed by atoms with Crippen LogP contribution in [0.2, 0.25) is 5.02 Å². The number of urea groups is 1. The van der Waals surface area contributed by atoms with Gasteiger partial charge in [0.1, 0.15) is 29.7 Å². The van der Waals surface area contributed by atoms with Gasteiger partial charge in [-0.1, -0.05) is 29.8 Å². The molecule has 1 aromatic heterocycles. The quantitative estimate of drug-likeness (QED) is 0.0495. The van der Waals surface area contributed by atoms with E-state index in [4.69, 9.17) is 26.2 Å². The molecule has 53 heavy (non-hydrogen) atoms. The van der Waals surface area contributed by atoms with E-state index >= 15 is 0 Å². The third kappa shape index (κ3) is 10.1. The molecule has 4 atom stereocenters. The molecule has 2 aliphatic rings. The van der Waals surface area contributed by atoms with E-state index in [1.807, 2.05) is 24.3 Å². The first kappa shape index (κ1) is 40.6. The topological polar surface area (TPSA) is 225 Å². The molecule has 7 N–H and O–H groups in total. The van der Waals surface area contributed by atoms with Gasteiger partial charge in [-0.05, 0) is 68.4 Å². The summed E-state index contributed by atoms with van der Waals surface area (Å²) in [7, 11) is -2.49. The van der Waals surface area contributed by atoms with E-state index < -0.39 is 59.2 Å². The summed E-state index contributed by atoms with van der Waals surface area (Å²) < 4.78 is 41.6. The number of benzene rings is 2. The van der Waals surface area contributed by atoms with Crippen LogP contribution < -0.4 is 20.1 Å². The number of ether oxygens (including phenoxy) is 2. The highest BCUT2D eigenvalue weighted by molar-refractivity contribution is 7.89. The summed E-state index contributed by atoms with van der Waals surface area (Å²) in [5.41, 5.74) is 2.11. The third-order valence-electron chi connectivity index (χ3n) is 9.40. The van der Waals surface area contributed by atoms with Crippen LogP contribution in [0, 0.1) is 5.21 Å². The van der Waals surface area contributed by atoms with Crippen LogP contribution in [0.15, 0.2) is 65.8 Å². The first-order chi connectivity index (χ1) is 25.3. The van der Waals surface area contributed by atoms with Crippen molar-refractivity contribution in [1.82, 2.24) is 14.9 Å². The van der Waals surface area contributed by atoms with Crippen molar-refractivity contribution in [3.8, 4) is 16.9 Å². The summed E-state index contributed by atoms with van der Waals surface area (Å²) in [6, 6.07) is 11.8. The number of para-hydroxylation sites is 1. The van der Waals surface area contributed by atoms with Crippen molar-refractivity contribution in [2.24, 2.45) is 0 Å². The minimum Gasteiger partial charge on any atom is -0.619 e. The van der Waals surface area contributed by atoms with E-state index in [0.717, 1.165) is 40.0 Å². The van der Waals surface area contributed by atoms with E-state index in [9.17, 15) is 38.8 Å². The van der Waals surface area contributed by atoms with Crippen LogP contribution in [0.4, 0.5) is 4.79 Å². The number of hydrogen-bond donors (Lipinski definition) is 7. The fraction of sp³-hybridized carbons (Fsp3) is 0.500. The van der Waals surface area contributed by atoms with Gasteiger partial charge in [-0.2, -0.15) is 4.73 Å². The Morgan fingerprint density at radius 2 is 1.79 bits per heavy atom. The molecular formula is C36H47ClN4O11S. The number of carbonyl (C=O) groups is 1. The fourth-order valence-electron chi connectivity index (χ4n) is 5.87. The molecule has 17 heteroatoms. The number of aliphatic hydroxyl groups is 5. The molecule has 2 saturated carbocycles. The Hall–Kier alpha value is -3.58. The summed E-state index contributed by atoms with van der Waals surface area (Å²) in [6.07, 6.45) is 2.02. The zero-order chi connectivity index (χ0) is 38.3. The van der Waals surface area contributed by atoms with Gasteiger partial charge in [0, 0.05) is 42.4 Å². The smallest absolute Gasteiger partial charge is 0.315 e. The molecular weight excluding hydrogens is 732 g/mol. The van der Waals surface area contributed by atoms with E-state index in [0.29, 0.717) is 36.3 Å². The Kier molecular flexibility index (Phi) is 13.6. The summed E-state index contributed by atoms with van der Waals surface area (Å²) in [4.78, 5) is 12.3. The van der Waals surface area contributed by atoms with E-state index in [-0.39, 0.29) is 30.7 Å². The number of sulfonamides is 1. The Labute approximate surface area is 313 Å². The lowest BCUT2D eigenvalue weighted by atomic mass is 9.96. The first-order valence-corrected chi connectivity index (χ1v) is 19.3. The number of rotatable bonds is 20. The molecule has 2 aromatic carbocycles. The number of halogens is 1. The summed E-state index contributed by atoms with van der Waals surface area (Å²) >= 11 is 6.53. The molecule has 3 aromatic rings. The number of carbonyl (C=O) groups excluding carboxylic acids is 1. The minimum absolute atomic E-state index is 0.00218. The highest BCUT2D eigenvalue weighted by Gasteiger charge is 2.49. The monoisotopic (exact) mass is 778 g/mol. The highest BCUT2D eigenvalue weighted by atomic mass is 35.5. The van der Waals surface area contributed by atoms with Gasteiger partial charge in [-0.25, -0.2) is 17.5 Å². The number of aliphatic hydroxyl groups excluding tert-OH is 5. The number of nitrogens with zero attached hydrogens (tertiary/aromatic N) is 2. The van der Waals surface area contributed by atoms with Crippen LogP contribution in [-0.2, 0) is 27.0 Å². The average Bonchev–Trinajstić information content (AvgIpc) is 4.10. The molecule has 2 aliphatic carbocycles. The van der Waals surface area contributed by atoms with Crippen LogP contribution in [0.25, 0.3) is 11.1 Å². The van der Waals surface area contributed by atoms with Gasteiger partial charge in [0.2, 0.25) is 10.0 Å². The van der Waals surface area contributed by atoms with Crippen molar-refractivity contribution >= 4 is 27.7 Å². The maximum Gasteiger partial charge on any atom is 0.315 e. The van der Waals surface area contributed by atoms with Crippen molar-refractivity contribution in [2.75, 3.05) is 33.4 Å². The predicted octanol–water partition coefficient (Wildman–Crippen LogP) is 1.52. The number of nitrogens with one attached hydrogen (secondary N) is 2. The SMILES string of the molecule is CN(CCCCNC(=O)N[C@@H](CO)[C@@H](O)[C@H](O)[C@H](O)CO)S(=O)(=O)c1ccc(Cl)c(COC2(c3c[n+]([O-])ccc3-c3ccccc3OC3CC3)CC2)c1. The van der Waals surface area contributed by atoms with E-state index in [1.54, 1.807) is 6.07 Å². The molecule has 0 saturated heterocycles.